The van der Waals surface area contributed by atoms with Gasteiger partial charge in [0.15, 0.2) is 5.82 Å². The van der Waals surface area contributed by atoms with E-state index in [-0.39, 0.29) is 12.6 Å². The maximum absolute atomic E-state index is 10.7. The predicted molar refractivity (Wildman–Crippen MR) is 53.2 cm³/mol. The van der Waals surface area contributed by atoms with Gasteiger partial charge in [0.05, 0.1) is 17.4 Å². The zero-order valence-electron chi connectivity index (χ0n) is 8.60. The van der Waals surface area contributed by atoms with Gasteiger partial charge >= 0.3 is 5.97 Å². The van der Waals surface area contributed by atoms with E-state index in [0.29, 0.717) is 5.82 Å². The van der Waals surface area contributed by atoms with E-state index in [1.807, 2.05) is 11.3 Å². The summed E-state index contributed by atoms with van der Waals surface area (Å²) in [6, 6.07) is 0. The summed E-state index contributed by atoms with van der Waals surface area (Å²) in [6.45, 7) is 3.47. The number of esters is 1. The molecule has 0 unspecified atom stereocenters. The summed E-state index contributed by atoms with van der Waals surface area (Å²) in [6.07, 6.45) is 5.22. The average molecular weight is 205 g/mol. The lowest BCUT2D eigenvalue weighted by Crippen LogP contribution is -2.03. The highest BCUT2D eigenvalue weighted by Crippen LogP contribution is 2.09. The fraction of sp³-hybridized carbons (Fsp3) is 0.300. The number of nitrogens with zero attached hydrogens (tertiary/aromatic N) is 3. The first-order valence-corrected chi connectivity index (χ1v) is 4.59. The highest BCUT2D eigenvalue weighted by Gasteiger charge is 2.06. The third kappa shape index (κ3) is 1.81. The van der Waals surface area contributed by atoms with E-state index in [1.165, 1.54) is 6.92 Å². The first kappa shape index (κ1) is 9.64. The molecule has 0 aromatic carbocycles. The molecule has 15 heavy (non-hydrogen) atoms. The lowest BCUT2D eigenvalue weighted by Gasteiger charge is -2.02. The van der Waals surface area contributed by atoms with Crippen LogP contribution in [-0.2, 0) is 16.1 Å². The van der Waals surface area contributed by atoms with Crippen LogP contribution in [0.4, 0.5) is 0 Å². The van der Waals surface area contributed by atoms with Gasteiger partial charge in [0, 0.05) is 19.3 Å². The molecule has 0 aliphatic carbocycles. The van der Waals surface area contributed by atoms with E-state index in [2.05, 4.69) is 9.97 Å². The van der Waals surface area contributed by atoms with Gasteiger partial charge in [0.1, 0.15) is 6.61 Å². The first-order chi connectivity index (χ1) is 7.18. The summed E-state index contributed by atoms with van der Waals surface area (Å²) in [7, 11) is 0. The van der Waals surface area contributed by atoms with E-state index in [0.717, 1.165) is 11.2 Å². The lowest BCUT2D eigenvalue weighted by atomic mass is 10.4. The Morgan fingerprint density at radius 3 is 3.07 bits per heavy atom. The molecule has 2 aromatic rings. The van der Waals surface area contributed by atoms with Gasteiger partial charge in [-0.25, -0.2) is 4.98 Å². The van der Waals surface area contributed by atoms with Crippen molar-refractivity contribution in [3.8, 4) is 0 Å². The Balaban J connectivity index is 2.37. The van der Waals surface area contributed by atoms with Crippen LogP contribution in [0.5, 0.6) is 0 Å². The Hall–Kier alpha value is -1.91. The van der Waals surface area contributed by atoms with Crippen molar-refractivity contribution in [2.24, 2.45) is 0 Å². The Kier molecular flexibility index (Phi) is 2.37. The van der Waals surface area contributed by atoms with Crippen molar-refractivity contribution in [3.63, 3.8) is 0 Å². The molecule has 5 nitrogen and oxygen atoms in total. The number of imidazole rings is 1. The monoisotopic (exact) mass is 205 g/mol. The van der Waals surface area contributed by atoms with Gasteiger partial charge in [-0.1, -0.05) is 0 Å². The Morgan fingerprint density at radius 1 is 1.53 bits per heavy atom. The largest absolute Gasteiger partial charge is 0.458 e. The van der Waals surface area contributed by atoms with Crippen LogP contribution in [0.2, 0.25) is 0 Å². The van der Waals surface area contributed by atoms with Crippen molar-refractivity contribution < 1.29 is 9.53 Å². The SMILES string of the molecule is CC(=O)OCc1ncc2c(C)nccn12. The van der Waals surface area contributed by atoms with Crippen molar-refractivity contribution in [3.05, 3.63) is 30.1 Å². The normalized spacial score (nSPS) is 10.5. The van der Waals surface area contributed by atoms with E-state index in [1.54, 1.807) is 18.6 Å². The van der Waals surface area contributed by atoms with Gasteiger partial charge < -0.3 is 4.74 Å². The molecular formula is C10H11N3O2. The van der Waals surface area contributed by atoms with Crippen molar-refractivity contribution in [1.29, 1.82) is 0 Å². The summed E-state index contributed by atoms with van der Waals surface area (Å²) in [5.41, 5.74) is 1.83. The minimum Gasteiger partial charge on any atom is -0.458 e. The Labute approximate surface area is 86.7 Å². The number of hydrogen-bond acceptors (Lipinski definition) is 4. The van der Waals surface area contributed by atoms with Crippen molar-refractivity contribution >= 4 is 11.5 Å². The highest BCUT2D eigenvalue weighted by atomic mass is 16.5. The molecule has 0 amide bonds. The van der Waals surface area contributed by atoms with Crippen LogP contribution in [0.15, 0.2) is 18.6 Å². The molecule has 5 heteroatoms. The quantitative estimate of drug-likeness (QED) is 0.689. The minimum atomic E-state index is -0.308. The number of hydrogen-bond donors (Lipinski definition) is 0. The maximum atomic E-state index is 10.7. The van der Waals surface area contributed by atoms with Crippen molar-refractivity contribution in [2.75, 3.05) is 0 Å². The highest BCUT2D eigenvalue weighted by molar-refractivity contribution is 5.65. The standard InChI is InChI=1S/C10H11N3O2/c1-7-9-5-12-10(6-15-8(2)14)13(9)4-3-11-7/h3-5H,6H2,1-2H3. The molecule has 0 N–H and O–H groups in total. The van der Waals surface area contributed by atoms with Crippen LogP contribution in [0, 0.1) is 6.92 Å². The minimum absolute atomic E-state index is 0.187. The topological polar surface area (TPSA) is 56.5 Å². The van der Waals surface area contributed by atoms with Crippen LogP contribution >= 0.6 is 0 Å². The van der Waals surface area contributed by atoms with Crippen molar-refractivity contribution in [2.45, 2.75) is 20.5 Å². The second kappa shape index (κ2) is 3.68. The smallest absolute Gasteiger partial charge is 0.303 e. The number of fused-ring (bicyclic) bond motifs is 1. The molecule has 0 atom stereocenters. The van der Waals surface area contributed by atoms with Crippen LogP contribution in [-0.4, -0.2) is 20.3 Å². The lowest BCUT2D eigenvalue weighted by molar-refractivity contribution is -0.142. The molecule has 0 spiro atoms. The Morgan fingerprint density at radius 2 is 2.33 bits per heavy atom. The van der Waals surface area contributed by atoms with Crippen LogP contribution in [0.3, 0.4) is 0 Å². The maximum Gasteiger partial charge on any atom is 0.303 e. The van der Waals surface area contributed by atoms with Gasteiger partial charge in [-0.3, -0.25) is 14.2 Å². The third-order valence-corrected chi connectivity index (χ3v) is 2.13. The Bertz CT molecular complexity index is 504. The molecule has 2 rings (SSSR count). The molecule has 0 aliphatic rings. The zero-order chi connectivity index (χ0) is 10.8. The molecule has 0 saturated carbocycles. The van der Waals surface area contributed by atoms with Crippen LogP contribution in [0.1, 0.15) is 18.4 Å². The number of rotatable bonds is 2. The van der Waals surface area contributed by atoms with Gasteiger partial charge in [0.25, 0.3) is 0 Å². The van der Waals surface area contributed by atoms with Crippen LogP contribution in [0.25, 0.3) is 5.52 Å². The number of carbonyl (C=O) groups excluding carboxylic acids is 1. The van der Waals surface area contributed by atoms with Gasteiger partial charge in [-0.2, -0.15) is 0 Å². The molecule has 2 aromatic heterocycles. The van der Waals surface area contributed by atoms with Crippen molar-refractivity contribution in [1.82, 2.24) is 14.4 Å². The molecule has 78 valence electrons. The predicted octanol–water partition coefficient (Wildman–Crippen LogP) is 1.10. The summed E-state index contributed by atoms with van der Waals surface area (Å²) in [5, 5.41) is 0. The number of ether oxygens (including phenoxy) is 1. The number of aryl methyl sites for hydroxylation is 1. The van der Waals surface area contributed by atoms with Crippen LogP contribution < -0.4 is 0 Å². The van der Waals surface area contributed by atoms with Gasteiger partial charge in [-0.05, 0) is 6.92 Å². The molecule has 0 aliphatic heterocycles. The molecule has 0 fully saturated rings. The summed E-state index contributed by atoms with van der Waals surface area (Å²) < 4.78 is 6.76. The third-order valence-electron chi connectivity index (χ3n) is 2.13. The second-order valence-corrected chi connectivity index (χ2v) is 3.22. The first-order valence-electron chi connectivity index (χ1n) is 4.59. The average Bonchev–Trinajstić information content (AvgIpc) is 2.59. The molecule has 0 radical (unpaired) electrons. The molecule has 0 saturated heterocycles. The number of carbonyl (C=O) groups is 1. The summed E-state index contributed by atoms with van der Waals surface area (Å²) >= 11 is 0. The molecule has 2 heterocycles. The van der Waals surface area contributed by atoms with E-state index >= 15 is 0 Å². The van der Waals surface area contributed by atoms with E-state index in [4.69, 9.17) is 4.74 Å². The number of aromatic nitrogens is 3. The summed E-state index contributed by atoms with van der Waals surface area (Å²) in [5.74, 6) is 0.392. The molecular weight excluding hydrogens is 194 g/mol. The van der Waals surface area contributed by atoms with Gasteiger partial charge in [-0.15, -0.1) is 0 Å². The van der Waals surface area contributed by atoms with E-state index in [9.17, 15) is 4.79 Å². The van der Waals surface area contributed by atoms with Gasteiger partial charge in [0.2, 0.25) is 0 Å². The van der Waals surface area contributed by atoms with E-state index < -0.39 is 0 Å². The fourth-order valence-electron chi connectivity index (χ4n) is 1.38. The molecule has 0 bridgehead atoms. The second-order valence-electron chi connectivity index (χ2n) is 3.22. The zero-order valence-corrected chi connectivity index (χ0v) is 8.60. The summed E-state index contributed by atoms with van der Waals surface area (Å²) in [4.78, 5) is 19.0. The fourth-order valence-corrected chi connectivity index (χ4v) is 1.38.